The number of urea groups is 1. The van der Waals surface area contributed by atoms with Crippen molar-refractivity contribution < 1.29 is 14.3 Å². The molecule has 3 rings (SSSR count). The molecule has 0 radical (unpaired) electrons. The van der Waals surface area contributed by atoms with Crippen LogP contribution < -0.4 is 10.1 Å². The van der Waals surface area contributed by atoms with Gasteiger partial charge in [0, 0.05) is 0 Å². The first kappa shape index (κ1) is 17.0. The summed E-state index contributed by atoms with van der Waals surface area (Å²) in [5.41, 5.74) is 0.918. The number of carbonyl (C=O) groups excluding carboxylic acids is 2. The molecular formula is C20H22N2O3. The van der Waals surface area contributed by atoms with E-state index in [-0.39, 0.29) is 25.1 Å². The number of nitrogens with zero attached hydrogens (tertiary/aromatic N) is 1. The van der Waals surface area contributed by atoms with Crippen LogP contribution in [-0.2, 0) is 10.3 Å². The topological polar surface area (TPSA) is 58.6 Å². The van der Waals surface area contributed by atoms with E-state index in [1.807, 2.05) is 68.4 Å². The first-order valence-electron chi connectivity index (χ1n) is 8.46. The Morgan fingerprint density at radius 2 is 1.84 bits per heavy atom. The van der Waals surface area contributed by atoms with Gasteiger partial charge in [-0.1, -0.05) is 49.4 Å². The van der Waals surface area contributed by atoms with Gasteiger partial charge in [-0.25, -0.2) is 4.79 Å². The molecule has 25 heavy (non-hydrogen) atoms. The number of benzene rings is 2. The zero-order valence-electron chi connectivity index (χ0n) is 14.5. The van der Waals surface area contributed by atoms with Crippen molar-refractivity contribution >= 4 is 11.9 Å². The molecule has 130 valence electrons. The van der Waals surface area contributed by atoms with Gasteiger partial charge < -0.3 is 10.1 Å². The van der Waals surface area contributed by atoms with Crippen molar-refractivity contribution in [2.45, 2.75) is 25.8 Å². The molecule has 2 aromatic rings. The first-order chi connectivity index (χ1) is 12.1. The van der Waals surface area contributed by atoms with Crippen molar-refractivity contribution in [1.29, 1.82) is 0 Å². The summed E-state index contributed by atoms with van der Waals surface area (Å²) >= 11 is 0. The van der Waals surface area contributed by atoms with E-state index in [0.29, 0.717) is 6.42 Å². The Kier molecular flexibility index (Phi) is 4.74. The molecule has 0 aromatic heterocycles. The van der Waals surface area contributed by atoms with Crippen LogP contribution in [0.1, 0.15) is 24.5 Å². The molecule has 1 saturated heterocycles. The van der Waals surface area contributed by atoms with Crippen LogP contribution in [0.2, 0.25) is 0 Å². The summed E-state index contributed by atoms with van der Waals surface area (Å²) in [7, 11) is 0. The zero-order valence-corrected chi connectivity index (χ0v) is 14.5. The first-order valence-corrected chi connectivity index (χ1v) is 8.46. The molecule has 1 unspecified atom stereocenters. The molecule has 1 aliphatic heterocycles. The number of hydrogen-bond acceptors (Lipinski definition) is 3. The maximum absolute atomic E-state index is 13.0. The molecule has 5 heteroatoms. The predicted molar refractivity (Wildman–Crippen MR) is 95.3 cm³/mol. The highest BCUT2D eigenvalue weighted by molar-refractivity contribution is 6.07. The largest absolute Gasteiger partial charge is 0.492 e. The summed E-state index contributed by atoms with van der Waals surface area (Å²) in [6.07, 6.45) is 0.497. The summed E-state index contributed by atoms with van der Waals surface area (Å²) in [6, 6.07) is 16.7. The van der Waals surface area contributed by atoms with Gasteiger partial charge in [-0.15, -0.1) is 0 Å². The molecule has 1 aliphatic rings. The number of nitrogens with one attached hydrogen (secondary N) is 1. The van der Waals surface area contributed by atoms with Crippen molar-refractivity contribution in [1.82, 2.24) is 10.2 Å². The van der Waals surface area contributed by atoms with Gasteiger partial charge in [0.25, 0.3) is 5.91 Å². The lowest BCUT2D eigenvalue weighted by atomic mass is 9.87. The average Bonchev–Trinajstić information content (AvgIpc) is 2.87. The normalized spacial score (nSPS) is 19.8. The Morgan fingerprint density at radius 1 is 1.08 bits per heavy atom. The molecule has 0 spiro atoms. The Morgan fingerprint density at radius 3 is 2.52 bits per heavy atom. The van der Waals surface area contributed by atoms with Crippen LogP contribution in [0.3, 0.4) is 0 Å². The Labute approximate surface area is 147 Å². The third-order valence-electron chi connectivity index (χ3n) is 4.55. The van der Waals surface area contributed by atoms with Gasteiger partial charge in [-0.2, -0.15) is 0 Å². The van der Waals surface area contributed by atoms with Crippen LogP contribution in [0.25, 0.3) is 0 Å². The molecular weight excluding hydrogens is 316 g/mol. The molecule has 1 atom stereocenters. The molecule has 0 bridgehead atoms. The summed E-state index contributed by atoms with van der Waals surface area (Å²) in [5, 5.41) is 2.87. The maximum atomic E-state index is 13.0. The van der Waals surface area contributed by atoms with E-state index in [1.165, 1.54) is 4.90 Å². The van der Waals surface area contributed by atoms with Gasteiger partial charge >= 0.3 is 6.03 Å². The highest BCUT2D eigenvalue weighted by Gasteiger charge is 2.50. The molecule has 0 aliphatic carbocycles. The van der Waals surface area contributed by atoms with Gasteiger partial charge in [0.2, 0.25) is 0 Å². The standard InChI is InChI=1S/C20H22N2O3/c1-3-20(16-9-5-4-6-10-16)18(23)22(19(24)21-20)12-13-25-17-11-7-8-15(2)14-17/h4-11,14H,3,12-13H2,1-2H3,(H,21,24). The summed E-state index contributed by atoms with van der Waals surface area (Å²) < 4.78 is 5.68. The van der Waals surface area contributed by atoms with Gasteiger partial charge in [0.1, 0.15) is 17.9 Å². The monoisotopic (exact) mass is 338 g/mol. The van der Waals surface area contributed by atoms with Crippen molar-refractivity contribution in [2.75, 3.05) is 13.2 Å². The molecule has 2 aromatic carbocycles. The smallest absolute Gasteiger partial charge is 0.325 e. The third-order valence-corrected chi connectivity index (χ3v) is 4.55. The minimum absolute atomic E-state index is 0.215. The van der Waals surface area contributed by atoms with Gasteiger partial charge in [-0.05, 0) is 36.6 Å². The number of imide groups is 1. The fraction of sp³-hybridized carbons (Fsp3) is 0.300. The minimum Gasteiger partial charge on any atom is -0.492 e. The van der Waals surface area contributed by atoms with Crippen LogP contribution in [0.5, 0.6) is 5.75 Å². The second-order valence-corrected chi connectivity index (χ2v) is 6.18. The van der Waals surface area contributed by atoms with Crippen LogP contribution in [0.15, 0.2) is 54.6 Å². The number of rotatable bonds is 6. The highest BCUT2D eigenvalue weighted by Crippen LogP contribution is 2.32. The van der Waals surface area contributed by atoms with E-state index in [4.69, 9.17) is 4.74 Å². The van der Waals surface area contributed by atoms with E-state index < -0.39 is 5.54 Å². The van der Waals surface area contributed by atoms with Crippen molar-refractivity contribution in [3.8, 4) is 5.75 Å². The third kappa shape index (κ3) is 3.22. The maximum Gasteiger partial charge on any atom is 0.325 e. The number of ether oxygens (including phenoxy) is 1. The average molecular weight is 338 g/mol. The van der Waals surface area contributed by atoms with Crippen molar-refractivity contribution in [3.63, 3.8) is 0 Å². The Hall–Kier alpha value is -2.82. The lowest BCUT2D eigenvalue weighted by Crippen LogP contribution is -2.43. The van der Waals surface area contributed by atoms with E-state index >= 15 is 0 Å². The fourth-order valence-electron chi connectivity index (χ4n) is 3.15. The van der Waals surface area contributed by atoms with E-state index in [1.54, 1.807) is 0 Å². The van der Waals surface area contributed by atoms with Gasteiger partial charge in [0.05, 0.1) is 6.54 Å². The zero-order chi connectivity index (χ0) is 17.9. The molecule has 1 N–H and O–H groups in total. The Bertz CT molecular complexity index is 776. The van der Waals surface area contributed by atoms with E-state index in [2.05, 4.69) is 5.32 Å². The van der Waals surface area contributed by atoms with E-state index in [9.17, 15) is 9.59 Å². The second-order valence-electron chi connectivity index (χ2n) is 6.18. The predicted octanol–water partition coefficient (Wildman–Crippen LogP) is 3.23. The summed E-state index contributed by atoms with van der Waals surface area (Å²) in [6.45, 7) is 4.36. The van der Waals surface area contributed by atoms with Crippen LogP contribution in [-0.4, -0.2) is 30.0 Å². The van der Waals surface area contributed by atoms with Crippen LogP contribution >= 0.6 is 0 Å². The summed E-state index contributed by atoms with van der Waals surface area (Å²) in [4.78, 5) is 26.6. The quantitative estimate of drug-likeness (QED) is 0.823. The minimum atomic E-state index is -0.984. The summed E-state index contributed by atoms with van der Waals surface area (Å²) in [5.74, 6) is 0.510. The molecule has 5 nitrogen and oxygen atoms in total. The SMILES string of the molecule is CCC1(c2ccccc2)NC(=O)N(CCOc2cccc(C)c2)C1=O. The highest BCUT2D eigenvalue weighted by atomic mass is 16.5. The van der Waals surface area contributed by atoms with Crippen LogP contribution in [0.4, 0.5) is 4.79 Å². The lowest BCUT2D eigenvalue weighted by molar-refractivity contribution is -0.132. The fourth-order valence-corrected chi connectivity index (χ4v) is 3.15. The number of aryl methyl sites for hydroxylation is 1. The number of amides is 3. The van der Waals surface area contributed by atoms with E-state index in [0.717, 1.165) is 16.9 Å². The number of carbonyl (C=O) groups is 2. The Balaban J connectivity index is 1.71. The second kappa shape index (κ2) is 6.97. The van der Waals surface area contributed by atoms with Gasteiger partial charge in [0.15, 0.2) is 0 Å². The molecule has 1 fully saturated rings. The van der Waals surface area contributed by atoms with Crippen molar-refractivity contribution in [3.05, 3.63) is 65.7 Å². The van der Waals surface area contributed by atoms with Crippen molar-refractivity contribution in [2.24, 2.45) is 0 Å². The molecule has 1 heterocycles. The number of hydrogen-bond donors (Lipinski definition) is 1. The van der Waals surface area contributed by atoms with Gasteiger partial charge in [-0.3, -0.25) is 9.69 Å². The van der Waals surface area contributed by atoms with Crippen LogP contribution in [0, 0.1) is 6.92 Å². The molecule has 0 saturated carbocycles. The lowest BCUT2D eigenvalue weighted by Gasteiger charge is -2.25. The molecule has 3 amide bonds.